The highest BCUT2D eigenvalue weighted by Gasteiger charge is 2.47. The van der Waals surface area contributed by atoms with Crippen LogP contribution in [0, 0.1) is 17.8 Å². The number of sulfonamides is 1. The number of carbonyl (C=O) groups is 1. The molecule has 4 fully saturated rings. The van der Waals surface area contributed by atoms with Gasteiger partial charge in [0, 0.05) is 31.1 Å². The Morgan fingerprint density at radius 2 is 1.63 bits per heavy atom. The number of carbonyl (C=O) groups excluding carboxylic acids is 1. The zero-order valence-corrected chi connectivity index (χ0v) is 19.9. The van der Waals surface area contributed by atoms with Gasteiger partial charge in [0.25, 0.3) is 0 Å². The summed E-state index contributed by atoms with van der Waals surface area (Å²) in [5.74, 6) is 1.38. The van der Waals surface area contributed by atoms with Crippen LogP contribution in [0.3, 0.4) is 0 Å². The molecule has 1 aliphatic heterocycles. The highest BCUT2D eigenvalue weighted by atomic mass is 32.2. The summed E-state index contributed by atoms with van der Waals surface area (Å²) in [6.45, 7) is 2.79. The monoisotopic (exact) mass is 439 g/mol. The molecule has 1 saturated heterocycles. The Morgan fingerprint density at radius 1 is 0.933 bits per heavy atom. The van der Waals surface area contributed by atoms with Crippen molar-refractivity contribution in [3.63, 3.8) is 0 Å². The van der Waals surface area contributed by atoms with E-state index in [1.807, 2.05) is 4.90 Å². The first-order valence-corrected chi connectivity index (χ1v) is 13.8. The van der Waals surface area contributed by atoms with Gasteiger partial charge in [0.1, 0.15) is 0 Å². The van der Waals surface area contributed by atoms with E-state index in [9.17, 15) is 13.2 Å². The molecule has 1 N–H and O–H groups in total. The lowest BCUT2D eigenvalue weighted by Crippen LogP contribution is -2.53. The van der Waals surface area contributed by atoms with Crippen LogP contribution in [0.15, 0.2) is 0 Å². The Morgan fingerprint density at radius 3 is 2.37 bits per heavy atom. The van der Waals surface area contributed by atoms with Gasteiger partial charge in [0.2, 0.25) is 15.9 Å². The predicted octanol–water partition coefficient (Wildman–Crippen LogP) is 2.98. The second kappa shape index (κ2) is 9.07. The maximum absolute atomic E-state index is 13.5. The maximum Gasteiger partial charge on any atom is 0.224 e. The van der Waals surface area contributed by atoms with Crippen molar-refractivity contribution >= 4 is 15.9 Å². The van der Waals surface area contributed by atoms with E-state index < -0.39 is 10.0 Å². The largest absolute Gasteiger partial charge is 0.338 e. The molecule has 172 valence electrons. The van der Waals surface area contributed by atoms with E-state index in [2.05, 4.69) is 30.6 Å². The molecule has 6 nitrogen and oxygen atoms in total. The molecule has 1 heterocycles. The van der Waals surface area contributed by atoms with Crippen LogP contribution in [0.2, 0.25) is 0 Å². The van der Waals surface area contributed by atoms with Gasteiger partial charge in [0.15, 0.2) is 0 Å². The van der Waals surface area contributed by atoms with Crippen molar-refractivity contribution in [1.29, 1.82) is 0 Å². The number of amides is 1. The lowest BCUT2D eigenvalue weighted by Gasteiger charge is -2.47. The lowest BCUT2D eigenvalue weighted by atomic mass is 9.68. The van der Waals surface area contributed by atoms with E-state index in [0.29, 0.717) is 36.9 Å². The molecule has 0 aromatic rings. The Balaban J connectivity index is 1.43. The Bertz CT molecular complexity index is 725. The summed E-state index contributed by atoms with van der Waals surface area (Å²) >= 11 is 0. The fourth-order valence-electron chi connectivity index (χ4n) is 7.15. The molecule has 7 unspecified atom stereocenters. The summed E-state index contributed by atoms with van der Waals surface area (Å²) in [7, 11) is 0.842. The lowest BCUT2D eigenvalue weighted by molar-refractivity contribution is -0.131. The van der Waals surface area contributed by atoms with E-state index in [0.717, 1.165) is 38.5 Å². The van der Waals surface area contributed by atoms with Gasteiger partial charge >= 0.3 is 0 Å². The molecule has 0 radical (unpaired) electrons. The minimum Gasteiger partial charge on any atom is -0.338 e. The molecule has 0 bridgehead atoms. The number of nitrogens with one attached hydrogen (secondary N) is 1. The third-order valence-corrected chi connectivity index (χ3v) is 10.6. The first-order valence-electron chi connectivity index (χ1n) is 12.2. The zero-order chi connectivity index (χ0) is 21.5. The number of hydrogen-bond acceptors (Lipinski definition) is 4. The molecule has 7 heteroatoms. The van der Waals surface area contributed by atoms with Gasteiger partial charge in [-0.2, -0.15) is 0 Å². The van der Waals surface area contributed by atoms with Gasteiger partial charge < -0.3 is 9.80 Å². The van der Waals surface area contributed by atoms with Gasteiger partial charge in [0.05, 0.1) is 5.25 Å². The summed E-state index contributed by atoms with van der Waals surface area (Å²) in [4.78, 5) is 17.0. The topological polar surface area (TPSA) is 69.7 Å². The first-order chi connectivity index (χ1) is 14.3. The average molecular weight is 440 g/mol. The molecule has 3 aliphatic carbocycles. The number of nitrogens with zero attached hydrogens (tertiary/aromatic N) is 2. The van der Waals surface area contributed by atoms with Crippen LogP contribution in [0.25, 0.3) is 0 Å². The number of fused-ring (bicyclic) bond motifs is 1. The van der Waals surface area contributed by atoms with Crippen LogP contribution in [0.1, 0.15) is 77.6 Å². The second-order valence-corrected chi connectivity index (χ2v) is 12.6. The van der Waals surface area contributed by atoms with Gasteiger partial charge in [-0.1, -0.05) is 32.6 Å². The van der Waals surface area contributed by atoms with Crippen LogP contribution >= 0.6 is 0 Å². The van der Waals surface area contributed by atoms with Crippen LogP contribution in [-0.2, 0) is 14.8 Å². The van der Waals surface area contributed by atoms with E-state index in [4.69, 9.17) is 0 Å². The SMILES string of the molecule is CC1CCCCC1N1CC(NS(=O)(=O)C2CCCC3C2CCCC3N(C)C)CC1=O. The molecule has 4 aliphatic rings. The summed E-state index contributed by atoms with van der Waals surface area (Å²) in [6.07, 6.45) is 11.2. The molecule has 0 aromatic heterocycles. The number of likely N-dealkylation sites (tertiary alicyclic amines) is 1. The summed E-state index contributed by atoms with van der Waals surface area (Å²) in [5, 5.41) is -0.295. The molecule has 7 atom stereocenters. The molecule has 1 amide bonds. The third kappa shape index (κ3) is 4.44. The average Bonchev–Trinajstić information content (AvgIpc) is 3.06. The summed E-state index contributed by atoms with van der Waals surface area (Å²) < 4.78 is 30.0. The Kier molecular flexibility index (Phi) is 6.81. The maximum atomic E-state index is 13.5. The normalized spacial score (nSPS) is 40.6. The van der Waals surface area contributed by atoms with Crippen molar-refractivity contribution in [2.24, 2.45) is 17.8 Å². The Hall–Kier alpha value is -0.660. The van der Waals surface area contributed by atoms with Crippen molar-refractivity contribution in [2.45, 2.75) is 101 Å². The summed E-state index contributed by atoms with van der Waals surface area (Å²) in [6, 6.07) is 0.530. The van der Waals surface area contributed by atoms with Crippen molar-refractivity contribution in [2.75, 3.05) is 20.6 Å². The number of rotatable bonds is 5. The quantitative estimate of drug-likeness (QED) is 0.715. The van der Waals surface area contributed by atoms with E-state index in [-0.39, 0.29) is 23.1 Å². The molecule has 3 saturated carbocycles. The van der Waals surface area contributed by atoms with E-state index in [1.165, 1.54) is 25.7 Å². The van der Waals surface area contributed by atoms with Crippen molar-refractivity contribution in [1.82, 2.24) is 14.5 Å². The Labute approximate surface area is 183 Å². The standard InChI is InChI=1S/C23H41N3O3S/c1-16-8-4-5-11-20(16)26-15-17(14-23(26)27)24-30(28,29)22-13-7-9-18-19(22)10-6-12-21(18)25(2)3/h16-22,24H,4-15H2,1-3H3. The van der Waals surface area contributed by atoms with Gasteiger partial charge in [-0.3, -0.25) is 4.79 Å². The molecular formula is C23H41N3O3S. The summed E-state index contributed by atoms with van der Waals surface area (Å²) in [5.41, 5.74) is 0. The van der Waals surface area contributed by atoms with Crippen molar-refractivity contribution < 1.29 is 13.2 Å². The van der Waals surface area contributed by atoms with Crippen molar-refractivity contribution in [3.05, 3.63) is 0 Å². The van der Waals surface area contributed by atoms with Crippen LogP contribution in [0.4, 0.5) is 0 Å². The minimum atomic E-state index is -3.42. The van der Waals surface area contributed by atoms with Crippen LogP contribution < -0.4 is 4.72 Å². The van der Waals surface area contributed by atoms with E-state index >= 15 is 0 Å². The molecule has 4 rings (SSSR count). The molecule has 0 spiro atoms. The highest BCUT2D eigenvalue weighted by Crippen LogP contribution is 2.44. The zero-order valence-electron chi connectivity index (χ0n) is 19.1. The first kappa shape index (κ1) is 22.5. The van der Waals surface area contributed by atoms with Crippen LogP contribution in [-0.4, -0.2) is 68.1 Å². The third-order valence-electron chi connectivity index (χ3n) is 8.60. The molecule has 0 aromatic carbocycles. The smallest absolute Gasteiger partial charge is 0.224 e. The van der Waals surface area contributed by atoms with Gasteiger partial charge in [-0.15, -0.1) is 0 Å². The molecule has 30 heavy (non-hydrogen) atoms. The second-order valence-electron chi connectivity index (χ2n) is 10.7. The minimum absolute atomic E-state index is 0.133. The van der Waals surface area contributed by atoms with Crippen LogP contribution in [0.5, 0.6) is 0 Å². The van der Waals surface area contributed by atoms with Gasteiger partial charge in [-0.25, -0.2) is 13.1 Å². The fraction of sp³-hybridized carbons (Fsp3) is 0.957. The number of hydrogen-bond donors (Lipinski definition) is 1. The van der Waals surface area contributed by atoms with E-state index in [1.54, 1.807) is 0 Å². The predicted molar refractivity (Wildman–Crippen MR) is 120 cm³/mol. The fourth-order valence-corrected chi connectivity index (χ4v) is 9.22. The van der Waals surface area contributed by atoms with Gasteiger partial charge in [-0.05, 0) is 70.4 Å². The molecular weight excluding hydrogens is 398 g/mol. The highest BCUT2D eigenvalue weighted by molar-refractivity contribution is 7.90. The van der Waals surface area contributed by atoms with Crippen molar-refractivity contribution in [3.8, 4) is 0 Å².